The van der Waals surface area contributed by atoms with Crippen LogP contribution in [0.3, 0.4) is 0 Å². The first-order chi connectivity index (χ1) is 26.7. The van der Waals surface area contributed by atoms with Crippen molar-refractivity contribution in [2.45, 2.75) is 0 Å². The molecule has 0 aliphatic heterocycles. The van der Waals surface area contributed by atoms with Gasteiger partial charge in [0.2, 0.25) is 0 Å². The smallest absolute Gasteiger partial charge is 0.161 e. The molecule has 0 fully saturated rings. The monoisotopic (exact) mass is 694 g/mol. The molecule has 0 spiro atoms. The third-order valence-electron chi connectivity index (χ3n) is 8.88. The predicted octanol–water partition coefficient (Wildman–Crippen LogP) is 11.1. The molecule has 0 aliphatic carbocycles. The Kier molecular flexibility index (Phi) is 9.89. The van der Waals surface area contributed by atoms with Crippen LogP contribution in [-0.2, 0) is 0 Å². The second kappa shape index (κ2) is 15.8. The van der Waals surface area contributed by atoms with Gasteiger partial charge in [-0.2, -0.15) is 0 Å². The zero-order valence-electron chi connectivity index (χ0n) is 29.3. The molecule has 0 atom stereocenters. The lowest BCUT2D eigenvalue weighted by Crippen LogP contribution is -2.04. The molecule has 0 bridgehead atoms. The molecule has 0 unspecified atom stereocenters. The van der Waals surface area contributed by atoms with E-state index in [4.69, 9.17) is 25.4 Å². The van der Waals surface area contributed by atoms with Crippen LogP contribution in [0.1, 0.15) is 16.7 Å². The van der Waals surface area contributed by atoms with Crippen molar-refractivity contribution >= 4 is 17.9 Å². The largest absolute Gasteiger partial charge is 0.282 e. The molecule has 6 nitrogen and oxygen atoms in total. The highest BCUT2D eigenvalue weighted by Crippen LogP contribution is 2.31. The van der Waals surface area contributed by atoms with Crippen molar-refractivity contribution in [1.82, 2.24) is 15.0 Å². The van der Waals surface area contributed by atoms with Crippen LogP contribution in [-0.4, -0.2) is 32.8 Å². The van der Waals surface area contributed by atoms with Crippen molar-refractivity contribution in [3.8, 4) is 56.3 Å². The van der Waals surface area contributed by atoms with E-state index >= 15 is 0 Å². The van der Waals surface area contributed by atoms with E-state index in [9.17, 15) is 0 Å². The summed E-state index contributed by atoms with van der Waals surface area (Å²) in [6, 6.07) is 62.2. The van der Waals surface area contributed by atoms with E-state index in [1.165, 1.54) is 0 Å². The quantitative estimate of drug-likeness (QED) is 0.127. The van der Waals surface area contributed by atoms with Gasteiger partial charge in [-0.3, -0.25) is 10.4 Å². The summed E-state index contributed by atoms with van der Waals surface area (Å²) in [6.07, 6.45) is 3.56. The van der Waals surface area contributed by atoms with Gasteiger partial charge in [-0.15, -0.1) is 0 Å². The Labute approximate surface area is 314 Å². The topological polar surface area (TPSA) is 87.2 Å². The Morgan fingerprint density at radius 1 is 0.426 bits per heavy atom. The number of aliphatic imine (C=N–C) groups is 2. The second-order valence-electron chi connectivity index (χ2n) is 12.6. The second-order valence-corrected chi connectivity index (χ2v) is 12.6. The molecule has 3 heterocycles. The normalized spacial score (nSPS) is 11.4. The molecule has 0 aliphatic rings. The predicted molar refractivity (Wildman–Crippen MR) is 221 cm³/mol. The van der Waals surface area contributed by atoms with E-state index in [0.717, 1.165) is 67.4 Å². The molecule has 8 rings (SSSR count). The van der Waals surface area contributed by atoms with E-state index in [-0.39, 0.29) is 5.84 Å². The van der Waals surface area contributed by atoms with E-state index in [0.29, 0.717) is 11.4 Å². The number of benzene rings is 5. The summed E-state index contributed by atoms with van der Waals surface area (Å²) >= 11 is 0. The molecule has 0 saturated carbocycles. The first-order valence-corrected chi connectivity index (χ1v) is 17.7. The van der Waals surface area contributed by atoms with Gasteiger partial charge < -0.3 is 0 Å². The minimum atomic E-state index is 0.127. The number of hydrogen-bond acceptors (Lipinski definition) is 4. The Hall–Kier alpha value is -7.44. The number of aromatic nitrogens is 3. The van der Waals surface area contributed by atoms with Gasteiger partial charge in [-0.05, 0) is 76.3 Å². The minimum absolute atomic E-state index is 0.127. The van der Waals surface area contributed by atoms with E-state index < -0.39 is 0 Å². The molecule has 6 heteroatoms. The Balaban J connectivity index is 1.10. The molecule has 3 aromatic heterocycles. The summed E-state index contributed by atoms with van der Waals surface area (Å²) in [5.41, 5.74) is 11.5. The third-order valence-corrected chi connectivity index (χ3v) is 8.88. The van der Waals surface area contributed by atoms with Crippen molar-refractivity contribution < 1.29 is 0 Å². The Morgan fingerprint density at radius 3 is 1.74 bits per heavy atom. The SMILES string of the molecule is N=C(N=C(N=Cc1ccccc1)c1ccccc1)c1cccc(-c2cccc(-c3cccc(-c4cc(-c5ccccc5)cc(-c5ccccn5)n4)n3)c2)c1. The number of nitrogens with zero attached hydrogens (tertiary/aromatic N) is 5. The van der Waals surface area contributed by atoms with E-state index in [1.54, 1.807) is 12.4 Å². The number of nitrogens with one attached hydrogen (secondary N) is 1. The highest BCUT2D eigenvalue weighted by molar-refractivity contribution is 6.13. The van der Waals surface area contributed by atoms with Crippen molar-refractivity contribution in [1.29, 1.82) is 5.41 Å². The number of hydrogen-bond donors (Lipinski definition) is 1. The van der Waals surface area contributed by atoms with Gasteiger partial charge >= 0.3 is 0 Å². The maximum absolute atomic E-state index is 8.99. The maximum atomic E-state index is 8.99. The molecule has 256 valence electrons. The van der Waals surface area contributed by atoms with Crippen LogP contribution >= 0.6 is 0 Å². The Bertz CT molecular complexity index is 2540. The van der Waals surface area contributed by atoms with Crippen LogP contribution in [0, 0.1) is 5.41 Å². The third kappa shape index (κ3) is 7.88. The first-order valence-electron chi connectivity index (χ1n) is 17.7. The summed E-state index contributed by atoms with van der Waals surface area (Å²) in [5, 5.41) is 8.99. The van der Waals surface area contributed by atoms with Gasteiger partial charge in [0.15, 0.2) is 11.7 Å². The number of pyridine rings is 3. The van der Waals surface area contributed by atoms with Gasteiger partial charge in [0, 0.05) is 29.1 Å². The summed E-state index contributed by atoms with van der Waals surface area (Å²) in [4.78, 5) is 24.1. The summed E-state index contributed by atoms with van der Waals surface area (Å²) < 4.78 is 0. The van der Waals surface area contributed by atoms with Gasteiger partial charge in [0.1, 0.15) is 0 Å². The average Bonchev–Trinajstić information content (AvgIpc) is 3.26. The number of amidine groups is 2. The average molecular weight is 695 g/mol. The van der Waals surface area contributed by atoms with Crippen molar-refractivity contribution in [3.63, 3.8) is 0 Å². The minimum Gasteiger partial charge on any atom is -0.282 e. The lowest BCUT2D eigenvalue weighted by Gasteiger charge is -2.11. The van der Waals surface area contributed by atoms with Crippen LogP contribution in [0.4, 0.5) is 0 Å². The summed E-state index contributed by atoms with van der Waals surface area (Å²) in [5.74, 6) is 0.598. The van der Waals surface area contributed by atoms with E-state index in [1.807, 2.05) is 146 Å². The molecular formula is C48H34N6. The van der Waals surface area contributed by atoms with Crippen LogP contribution in [0.25, 0.3) is 56.3 Å². The van der Waals surface area contributed by atoms with Crippen LogP contribution in [0.2, 0.25) is 0 Å². The summed E-state index contributed by atoms with van der Waals surface area (Å²) in [6.45, 7) is 0. The van der Waals surface area contributed by atoms with Gasteiger partial charge in [-0.25, -0.2) is 20.0 Å². The number of rotatable bonds is 8. The molecule has 0 saturated heterocycles. The molecule has 8 aromatic rings. The van der Waals surface area contributed by atoms with Crippen LogP contribution < -0.4 is 0 Å². The van der Waals surface area contributed by atoms with Gasteiger partial charge in [0.25, 0.3) is 0 Å². The summed E-state index contributed by atoms with van der Waals surface area (Å²) in [7, 11) is 0. The molecule has 1 N–H and O–H groups in total. The standard InChI is InChI=1S/C48H34N6/c49-47(54-48(36-19-8-3-9-20-36)51-33-34-15-4-1-5-16-34)40-24-13-22-38(30-40)37-21-12-23-39(29-37)42-26-14-27-44(52-42)46-32-41(35-17-6-2-7-18-35)31-45(53-46)43-25-10-11-28-50-43/h1-33,49H. The highest BCUT2D eigenvalue weighted by Gasteiger charge is 2.13. The van der Waals surface area contributed by atoms with Crippen molar-refractivity contribution in [2.75, 3.05) is 0 Å². The lowest BCUT2D eigenvalue weighted by molar-refractivity contribution is 1.22. The molecule has 54 heavy (non-hydrogen) atoms. The van der Waals surface area contributed by atoms with E-state index in [2.05, 4.69) is 47.4 Å². The molecule has 0 radical (unpaired) electrons. The highest BCUT2D eigenvalue weighted by atomic mass is 14.9. The van der Waals surface area contributed by atoms with Crippen molar-refractivity contribution in [2.24, 2.45) is 9.98 Å². The fourth-order valence-electron chi connectivity index (χ4n) is 6.15. The zero-order chi connectivity index (χ0) is 36.5. The van der Waals surface area contributed by atoms with Gasteiger partial charge in [-0.1, -0.05) is 140 Å². The molecular weight excluding hydrogens is 661 g/mol. The molecule has 0 amide bonds. The molecule has 5 aromatic carbocycles. The van der Waals surface area contributed by atoms with Gasteiger partial charge in [0.05, 0.1) is 28.5 Å². The Morgan fingerprint density at radius 2 is 0.981 bits per heavy atom. The maximum Gasteiger partial charge on any atom is 0.161 e. The fraction of sp³-hybridized carbons (Fsp3) is 0. The fourth-order valence-corrected chi connectivity index (χ4v) is 6.15. The van der Waals surface area contributed by atoms with Crippen molar-refractivity contribution in [3.05, 3.63) is 211 Å². The first kappa shape index (κ1) is 33.7. The lowest BCUT2D eigenvalue weighted by atomic mass is 9.99. The zero-order valence-corrected chi connectivity index (χ0v) is 29.3. The van der Waals surface area contributed by atoms with Crippen LogP contribution in [0.5, 0.6) is 0 Å². The van der Waals surface area contributed by atoms with Crippen LogP contribution in [0.15, 0.2) is 204 Å².